The normalized spacial score (nSPS) is 13.3. The van der Waals surface area contributed by atoms with Gasteiger partial charge in [0.25, 0.3) is 0 Å². The van der Waals surface area contributed by atoms with Crippen molar-refractivity contribution in [3.63, 3.8) is 0 Å². The summed E-state index contributed by atoms with van der Waals surface area (Å²) in [7, 11) is 0. The third-order valence-electron chi connectivity index (χ3n) is 1.93. The van der Waals surface area contributed by atoms with Gasteiger partial charge in [0.15, 0.2) is 5.75 Å². The summed E-state index contributed by atoms with van der Waals surface area (Å²) in [4.78, 5) is 21.3. The average molecular weight is 193 g/mol. The van der Waals surface area contributed by atoms with Gasteiger partial charge in [0.1, 0.15) is 0 Å². The maximum absolute atomic E-state index is 11.0. The third kappa shape index (κ3) is 1.39. The Bertz CT molecular complexity index is 413. The molecule has 1 amide bonds. The number of fused-ring (bicyclic) bond motifs is 1. The summed E-state index contributed by atoms with van der Waals surface area (Å²) < 4.78 is 4.51. The molecular weight excluding hydrogens is 186 g/mol. The summed E-state index contributed by atoms with van der Waals surface area (Å²) in [5.74, 6) is 0.0160. The molecule has 5 heteroatoms. The molecule has 0 fully saturated rings. The fourth-order valence-electron chi connectivity index (χ4n) is 1.40. The average Bonchev–Trinajstić information content (AvgIpc) is 2.45. The van der Waals surface area contributed by atoms with E-state index in [2.05, 4.69) is 10.1 Å². The number of carbonyl (C=O) groups is 2. The van der Waals surface area contributed by atoms with Gasteiger partial charge in [-0.2, -0.15) is 0 Å². The molecule has 0 aromatic heterocycles. The fraction of sp³-hybridized carbons (Fsp3) is 0.111. The molecule has 0 bridgehead atoms. The van der Waals surface area contributed by atoms with E-state index < -0.39 is 6.16 Å². The summed E-state index contributed by atoms with van der Waals surface area (Å²) >= 11 is 0. The number of hydrogen-bond donors (Lipinski definition) is 2. The first-order chi connectivity index (χ1) is 6.66. The lowest BCUT2D eigenvalue weighted by atomic mass is 10.1. The Morgan fingerprint density at radius 3 is 3.00 bits per heavy atom. The van der Waals surface area contributed by atoms with Gasteiger partial charge < -0.3 is 15.2 Å². The molecule has 1 aliphatic rings. The molecule has 1 aromatic rings. The van der Waals surface area contributed by atoms with Crippen molar-refractivity contribution in [1.29, 1.82) is 0 Å². The minimum atomic E-state index is -1.39. The molecule has 1 aromatic carbocycles. The van der Waals surface area contributed by atoms with Crippen LogP contribution in [0.4, 0.5) is 10.5 Å². The summed E-state index contributed by atoms with van der Waals surface area (Å²) in [5, 5.41) is 11.0. The van der Waals surface area contributed by atoms with Crippen LogP contribution in [0.25, 0.3) is 0 Å². The lowest BCUT2D eigenvalue weighted by Crippen LogP contribution is -2.07. The number of carboxylic acid groups (broad SMARTS) is 1. The van der Waals surface area contributed by atoms with Crippen molar-refractivity contribution in [1.82, 2.24) is 0 Å². The molecule has 14 heavy (non-hydrogen) atoms. The zero-order valence-corrected chi connectivity index (χ0v) is 7.11. The topological polar surface area (TPSA) is 75.6 Å². The lowest BCUT2D eigenvalue weighted by Gasteiger charge is -2.05. The van der Waals surface area contributed by atoms with E-state index >= 15 is 0 Å². The molecular formula is C9H7NO4. The molecule has 72 valence electrons. The van der Waals surface area contributed by atoms with Gasteiger partial charge in [-0.1, -0.05) is 12.1 Å². The number of carbonyl (C=O) groups excluding carboxylic acids is 1. The van der Waals surface area contributed by atoms with Gasteiger partial charge in [-0.15, -0.1) is 0 Å². The van der Waals surface area contributed by atoms with E-state index in [0.29, 0.717) is 5.69 Å². The Labute approximate surface area is 79.3 Å². The predicted molar refractivity (Wildman–Crippen MR) is 47.4 cm³/mol. The highest BCUT2D eigenvalue weighted by Gasteiger charge is 2.21. The van der Waals surface area contributed by atoms with E-state index in [9.17, 15) is 9.59 Å². The van der Waals surface area contributed by atoms with Gasteiger partial charge in [0.05, 0.1) is 12.1 Å². The Balaban J connectivity index is 2.39. The van der Waals surface area contributed by atoms with Gasteiger partial charge in [-0.3, -0.25) is 4.79 Å². The van der Waals surface area contributed by atoms with Gasteiger partial charge >= 0.3 is 6.16 Å². The number of ether oxygens (including phenoxy) is 1. The van der Waals surface area contributed by atoms with Crippen molar-refractivity contribution in [2.45, 2.75) is 6.42 Å². The van der Waals surface area contributed by atoms with Crippen molar-refractivity contribution < 1.29 is 19.4 Å². The van der Waals surface area contributed by atoms with Crippen LogP contribution in [0.1, 0.15) is 5.56 Å². The molecule has 0 unspecified atom stereocenters. The Morgan fingerprint density at radius 1 is 1.50 bits per heavy atom. The second-order valence-corrected chi connectivity index (χ2v) is 2.88. The molecule has 0 saturated carbocycles. The smallest absolute Gasteiger partial charge is 0.449 e. The van der Waals surface area contributed by atoms with Gasteiger partial charge in [0.2, 0.25) is 5.91 Å². The maximum atomic E-state index is 11.0. The second-order valence-electron chi connectivity index (χ2n) is 2.88. The van der Waals surface area contributed by atoms with Crippen LogP contribution in [0.15, 0.2) is 18.2 Å². The molecule has 1 heterocycles. The molecule has 0 radical (unpaired) electrons. The zero-order chi connectivity index (χ0) is 10.1. The number of nitrogens with one attached hydrogen (secondary N) is 1. The lowest BCUT2D eigenvalue weighted by molar-refractivity contribution is -0.115. The van der Waals surface area contributed by atoms with Crippen LogP contribution in [0.2, 0.25) is 0 Å². The van der Waals surface area contributed by atoms with Crippen LogP contribution in [0, 0.1) is 0 Å². The molecule has 2 N–H and O–H groups in total. The molecule has 5 nitrogen and oxygen atoms in total. The highest BCUT2D eigenvalue weighted by Crippen LogP contribution is 2.32. The molecule has 0 spiro atoms. The highest BCUT2D eigenvalue weighted by atomic mass is 16.7. The first kappa shape index (κ1) is 8.55. The predicted octanol–water partition coefficient (Wildman–Crippen LogP) is 1.24. The number of amides is 1. The van der Waals surface area contributed by atoms with Crippen LogP contribution in [-0.2, 0) is 11.2 Å². The van der Waals surface area contributed by atoms with Gasteiger partial charge in [0, 0.05) is 0 Å². The number of hydrogen-bond acceptors (Lipinski definition) is 3. The number of anilines is 1. The van der Waals surface area contributed by atoms with Crippen LogP contribution in [0.3, 0.4) is 0 Å². The largest absolute Gasteiger partial charge is 0.511 e. The van der Waals surface area contributed by atoms with Crippen LogP contribution in [-0.4, -0.2) is 17.2 Å². The van der Waals surface area contributed by atoms with Crippen molar-refractivity contribution in [3.05, 3.63) is 23.8 Å². The SMILES string of the molecule is O=C1Cc2cccc(OC(=O)O)c2N1. The van der Waals surface area contributed by atoms with Crippen molar-refractivity contribution >= 4 is 17.7 Å². The fourth-order valence-corrected chi connectivity index (χ4v) is 1.40. The van der Waals surface area contributed by atoms with Crippen molar-refractivity contribution in [2.75, 3.05) is 5.32 Å². The molecule has 0 aliphatic carbocycles. The van der Waals surface area contributed by atoms with E-state index in [1.165, 1.54) is 6.07 Å². The van der Waals surface area contributed by atoms with Crippen LogP contribution < -0.4 is 10.1 Å². The standard InChI is InChI=1S/C9H7NO4/c11-7-4-5-2-1-3-6(8(5)10-7)14-9(12)13/h1-3H,4H2,(H,10,11)(H,12,13). The second kappa shape index (κ2) is 3.02. The van der Waals surface area contributed by atoms with E-state index in [1.807, 2.05) is 0 Å². The molecule has 0 atom stereocenters. The number of benzene rings is 1. The first-order valence-electron chi connectivity index (χ1n) is 3.99. The Hall–Kier alpha value is -2.04. The quantitative estimate of drug-likeness (QED) is 0.519. The van der Waals surface area contributed by atoms with Gasteiger partial charge in [-0.25, -0.2) is 4.79 Å². The first-order valence-corrected chi connectivity index (χ1v) is 3.99. The minimum absolute atomic E-state index is 0.151. The molecule has 2 rings (SSSR count). The Morgan fingerprint density at radius 2 is 2.29 bits per heavy atom. The van der Waals surface area contributed by atoms with Crippen molar-refractivity contribution in [2.24, 2.45) is 0 Å². The van der Waals surface area contributed by atoms with E-state index in [1.54, 1.807) is 12.1 Å². The number of rotatable bonds is 1. The number of para-hydroxylation sites is 1. The Kier molecular flexibility index (Phi) is 1.85. The van der Waals surface area contributed by atoms with E-state index in [0.717, 1.165) is 5.56 Å². The summed E-state index contributed by atoms with van der Waals surface area (Å²) in [5.41, 5.74) is 1.22. The molecule has 0 saturated heterocycles. The summed E-state index contributed by atoms with van der Waals surface area (Å²) in [6, 6.07) is 4.90. The minimum Gasteiger partial charge on any atom is -0.449 e. The maximum Gasteiger partial charge on any atom is 0.511 e. The zero-order valence-electron chi connectivity index (χ0n) is 7.11. The van der Waals surface area contributed by atoms with Crippen LogP contribution in [0.5, 0.6) is 5.75 Å². The van der Waals surface area contributed by atoms with Gasteiger partial charge in [-0.05, 0) is 11.6 Å². The molecule has 1 aliphatic heterocycles. The van der Waals surface area contributed by atoms with E-state index in [-0.39, 0.29) is 18.1 Å². The summed E-state index contributed by atoms with van der Waals surface area (Å²) in [6.07, 6.45) is -1.12. The third-order valence-corrected chi connectivity index (χ3v) is 1.93. The monoisotopic (exact) mass is 193 g/mol. The van der Waals surface area contributed by atoms with E-state index in [4.69, 9.17) is 5.11 Å². The van der Waals surface area contributed by atoms with Crippen LogP contribution >= 0.6 is 0 Å². The summed E-state index contributed by atoms with van der Waals surface area (Å²) in [6.45, 7) is 0. The van der Waals surface area contributed by atoms with Crippen molar-refractivity contribution in [3.8, 4) is 5.75 Å². The highest BCUT2D eigenvalue weighted by molar-refractivity contribution is 6.01.